The summed E-state index contributed by atoms with van der Waals surface area (Å²) in [5.41, 5.74) is 1.42. The first-order valence-corrected chi connectivity index (χ1v) is 9.67. The lowest BCUT2D eigenvalue weighted by Gasteiger charge is -2.35. The molecule has 2 aromatic rings. The van der Waals surface area contributed by atoms with Crippen LogP contribution in [0.3, 0.4) is 0 Å². The molecule has 1 saturated heterocycles. The molecular weight excluding hydrogens is 324 g/mol. The number of hydrogen-bond acceptors (Lipinski definition) is 3. The second-order valence-corrected chi connectivity index (χ2v) is 7.59. The van der Waals surface area contributed by atoms with E-state index in [-0.39, 0.29) is 18.0 Å². The Balaban J connectivity index is 1.50. The van der Waals surface area contributed by atoms with E-state index in [0.717, 1.165) is 38.2 Å². The van der Waals surface area contributed by atoms with E-state index in [9.17, 15) is 4.79 Å². The fourth-order valence-electron chi connectivity index (χ4n) is 3.71. The molecule has 0 radical (unpaired) electrons. The second-order valence-electron chi connectivity index (χ2n) is 7.59. The van der Waals surface area contributed by atoms with Gasteiger partial charge in [0.25, 0.3) is 0 Å². The summed E-state index contributed by atoms with van der Waals surface area (Å²) in [4.78, 5) is 15.0. The monoisotopic (exact) mass is 354 g/mol. The lowest BCUT2D eigenvalue weighted by atomic mass is 9.89. The molecule has 1 atom stereocenters. The highest BCUT2D eigenvalue weighted by atomic mass is 16.2. The number of likely N-dealkylation sites (tertiary alicyclic amines) is 1. The van der Waals surface area contributed by atoms with Crippen molar-refractivity contribution in [2.24, 2.45) is 5.92 Å². The molecule has 1 N–H and O–H groups in total. The van der Waals surface area contributed by atoms with E-state index < -0.39 is 0 Å². The van der Waals surface area contributed by atoms with Gasteiger partial charge < -0.3 is 5.32 Å². The molecule has 0 unspecified atom stereocenters. The van der Waals surface area contributed by atoms with Crippen LogP contribution in [-0.2, 0) is 11.2 Å². The number of piperidine rings is 1. The first-order valence-electron chi connectivity index (χ1n) is 9.67. The largest absolute Gasteiger partial charge is 0.310 e. The van der Waals surface area contributed by atoms with Crippen molar-refractivity contribution >= 4 is 11.7 Å². The molecule has 1 aliphatic heterocycles. The maximum Gasteiger partial charge on any atom is 0.242 e. The molecule has 1 amide bonds. The molecule has 1 aliphatic rings. The van der Waals surface area contributed by atoms with Crippen LogP contribution in [0, 0.1) is 5.92 Å². The Bertz CT molecular complexity index is 702. The van der Waals surface area contributed by atoms with Gasteiger partial charge in [-0.2, -0.15) is 5.10 Å². The van der Waals surface area contributed by atoms with Gasteiger partial charge in [0.05, 0.1) is 12.2 Å². The SMILES string of the molecule is CC(C)n1nccc1NC(=O)[C@H](C)N1CCC(Cc2ccccc2)CC1. The van der Waals surface area contributed by atoms with Crippen LogP contribution in [0.5, 0.6) is 0 Å². The molecule has 26 heavy (non-hydrogen) atoms. The van der Waals surface area contributed by atoms with Gasteiger partial charge in [0.1, 0.15) is 5.82 Å². The summed E-state index contributed by atoms with van der Waals surface area (Å²) in [5, 5.41) is 7.32. The predicted molar refractivity (Wildman–Crippen MR) is 105 cm³/mol. The molecule has 0 saturated carbocycles. The number of anilines is 1. The van der Waals surface area contributed by atoms with Gasteiger partial charge in [-0.1, -0.05) is 30.3 Å². The van der Waals surface area contributed by atoms with Crippen molar-refractivity contribution in [3.05, 3.63) is 48.2 Å². The van der Waals surface area contributed by atoms with Crippen molar-refractivity contribution in [2.45, 2.75) is 52.1 Å². The number of amides is 1. The van der Waals surface area contributed by atoms with Crippen LogP contribution in [0.4, 0.5) is 5.82 Å². The Morgan fingerprint density at radius 2 is 1.85 bits per heavy atom. The van der Waals surface area contributed by atoms with Gasteiger partial charge in [-0.05, 0) is 64.6 Å². The van der Waals surface area contributed by atoms with Gasteiger partial charge in [0.2, 0.25) is 5.91 Å². The number of benzene rings is 1. The standard InChI is InChI=1S/C21H30N4O/c1-16(2)25-20(9-12-22-25)23-21(26)17(3)24-13-10-19(11-14-24)15-18-7-5-4-6-8-18/h4-9,12,16-17,19H,10-11,13-15H2,1-3H3,(H,23,26)/t17-/m0/s1. The molecule has 1 aromatic carbocycles. The average molecular weight is 354 g/mol. The normalized spacial score (nSPS) is 17.4. The maximum atomic E-state index is 12.7. The van der Waals surface area contributed by atoms with Crippen LogP contribution in [-0.4, -0.2) is 39.7 Å². The summed E-state index contributed by atoms with van der Waals surface area (Å²) >= 11 is 0. The van der Waals surface area contributed by atoms with Crippen molar-refractivity contribution in [3.8, 4) is 0 Å². The van der Waals surface area contributed by atoms with E-state index in [1.165, 1.54) is 5.56 Å². The van der Waals surface area contributed by atoms with Gasteiger partial charge in [0.15, 0.2) is 0 Å². The summed E-state index contributed by atoms with van der Waals surface area (Å²) in [6, 6.07) is 12.7. The Morgan fingerprint density at radius 1 is 1.15 bits per heavy atom. The number of nitrogens with zero attached hydrogens (tertiary/aromatic N) is 3. The number of hydrogen-bond donors (Lipinski definition) is 1. The molecule has 0 spiro atoms. The van der Waals surface area contributed by atoms with Crippen LogP contribution >= 0.6 is 0 Å². The summed E-state index contributed by atoms with van der Waals surface area (Å²) < 4.78 is 1.84. The zero-order valence-corrected chi connectivity index (χ0v) is 16.1. The molecule has 1 aromatic heterocycles. The van der Waals surface area contributed by atoms with Crippen molar-refractivity contribution in [1.29, 1.82) is 0 Å². The summed E-state index contributed by atoms with van der Waals surface area (Å²) in [5.74, 6) is 1.54. The van der Waals surface area contributed by atoms with Gasteiger partial charge in [-0.15, -0.1) is 0 Å². The number of rotatable bonds is 6. The summed E-state index contributed by atoms with van der Waals surface area (Å²) in [6.45, 7) is 8.08. The van der Waals surface area contributed by atoms with Gasteiger partial charge in [0, 0.05) is 12.1 Å². The van der Waals surface area contributed by atoms with E-state index in [1.54, 1.807) is 6.20 Å². The number of carbonyl (C=O) groups excluding carboxylic acids is 1. The Labute approximate surface area is 156 Å². The van der Waals surface area contributed by atoms with Gasteiger partial charge in [-0.25, -0.2) is 4.68 Å². The lowest BCUT2D eigenvalue weighted by Crippen LogP contribution is -2.46. The molecule has 5 heteroatoms. The molecule has 1 fully saturated rings. The fourth-order valence-corrected chi connectivity index (χ4v) is 3.71. The molecule has 2 heterocycles. The van der Waals surface area contributed by atoms with Crippen LogP contribution in [0.1, 0.15) is 45.2 Å². The zero-order chi connectivity index (χ0) is 18.5. The fraction of sp³-hybridized carbons (Fsp3) is 0.524. The third-order valence-corrected chi connectivity index (χ3v) is 5.35. The van der Waals surface area contributed by atoms with Crippen LogP contribution in [0.15, 0.2) is 42.6 Å². The highest BCUT2D eigenvalue weighted by Gasteiger charge is 2.27. The summed E-state index contributed by atoms with van der Waals surface area (Å²) in [7, 11) is 0. The first kappa shape index (κ1) is 18.6. The van der Waals surface area contributed by atoms with E-state index in [0.29, 0.717) is 5.92 Å². The highest BCUT2D eigenvalue weighted by Crippen LogP contribution is 2.23. The van der Waals surface area contributed by atoms with Crippen LogP contribution < -0.4 is 5.32 Å². The number of aromatic nitrogens is 2. The average Bonchev–Trinajstić information content (AvgIpc) is 3.11. The van der Waals surface area contributed by atoms with Crippen LogP contribution in [0.25, 0.3) is 0 Å². The van der Waals surface area contributed by atoms with Gasteiger partial charge in [-0.3, -0.25) is 9.69 Å². The molecule has 0 bridgehead atoms. The van der Waals surface area contributed by atoms with Crippen molar-refractivity contribution in [3.63, 3.8) is 0 Å². The smallest absolute Gasteiger partial charge is 0.242 e. The van der Waals surface area contributed by atoms with E-state index in [1.807, 2.05) is 17.7 Å². The van der Waals surface area contributed by atoms with E-state index in [4.69, 9.17) is 0 Å². The Morgan fingerprint density at radius 3 is 2.50 bits per heavy atom. The van der Waals surface area contributed by atoms with Crippen LogP contribution in [0.2, 0.25) is 0 Å². The Kier molecular flexibility index (Phi) is 6.09. The molecule has 140 valence electrons. The van der Waals surface area contributed by atoms with E-state index in [2.05, 4.69) is 59.5 Å². The molecule has 3 rings (SSSR count). The molecular formula is C21H30N4O. The number of carbonyl (C=O) groups is 1. The molecule has 5 nitrogen and oxygen atoms in total. The minimum absolute atomic E-state index is 0.0499. The Hall–Kier alpha value is -2.14. The molecule has 0 aliphatic carbocycles. The first-order chi connectivity index (χ1) is 12.5. The lowest BCUT2D eigenvalue weighted by molar-refractivity contribution is -0.121. The second kappa shape index (κ2) is 8.49. The van der Waals surface area contributed by atoms with Crippen molar-refractivity contribution < 1.29 is 4.79 Å². The quantitative estimate of drug-likeness (QED) is 0.859. The van der Waals surface area contributed by atoms with Crippen molar-refractivity contribution in [1.82, 2.24) is 14.7 Å². The van der Waals surface area contributed by atoms with Crippen molar-refractivity contribution in [2.75, 3.05) is 18.4 Å². The minimum Gasteiger partial charge on any atom is -0.310 e. The topological polar surface area (TPSA) is 50.2 Å². The third kappa shape index (κ3) is 4.52. The summed E-state index contributed by atoms with van der Waals surface area (Å²) in [6.07, 6.45) is 5.17. The highest BCUT2D eigenvalue weighted by molar-refractivity contribution is 5.93. The zero-order valence-electron chi connectivity index (χ0n) is 16.1. The minimum atomic E-state index is -0.122. The maximum absolute atomic E-state index is 12.7. The third-order valence-electron chi connectivity index (χ3n) is 5.35. The predicted octanol–water partition coefficient (Wildman–Crippen LogP) is 3.75. The number of nitrogens with one attached hydrogen (secondary N) is 1. The van der Waals surface area contributed by atoms with E-state index >= 15 is 0 Å². The van der Waals surface area contributed by atoms with Gasteiger partial charge >= 0.3 is 0 Å².